The van der Waals surface area contributed by atoms with Gasteiger partial charge in [-0.3, -0.25) is 4.79 Å². The Morgan fingerprint density at radius 2 is 1.89 bits per heavy atom. The number of hydrogen-bond acceptors (Lipinski definition) is 2. The van der Waals surface area contributed by atoms with Gasteiger partial charge in [0.2, 0.25) is 0 Å². The molecule has 0 aliphatic rings. The molecule has 0 saturated carbocycles. The van der Waals surface area contributed by atoms with Gasteiger partial charge in [-0.15, -0.1) is 0 Å². The van der Waals surface area contributed by atoms with Crippen molar-refractivity contribution in [2.45, 2.75) is 6.92 Å². The van der Waals surface area contributed by atoms with E-state index in [0.29, 0.717) is 5.56 Å². The third-order valence-corrected chi connectivity index (χ3v) is 2.71. The van der Waals surface area contributed by atoms with Crippen LogP contribution in [0.15, 0.2) is 54.6 Å². The molecule has 0 aliphatic heterocycles. The largest absolute Gasteiger partial charge is 0.508 e. The third kappa shape index (κ3) is 2.86. The van der Waals surface area contributed by atoms with E-state index in [2.05, 4.69) is 0 Å². The lowest BCUT2D eigenvalue weighted by Gasteiger charge is -2.00. The van der Waals surface area contributed by atoms with Gasteiger partial charge in [0.1, 0.15) is 5.75 Å². The Hall–Kier alpha value is -2.35. The number of carbonyl (C=O) groups excluding carboxylic acids is 1. The minimum Gasteiger partial charge on any atom is -0.508 e. The van der Waals surface area contributed by atoms with Crippen LogP contribution in [0.25, 0.3) is 6.08 Å². The number of ketones is 1. The fourth-order valence-corrected chi connectivity index (χ4v) is 1.74. The van der Waals surface area contributed by atoms with Gasteiger partial charge in [0.25, 0.3) is 0 Å². The molecule has 0 aromatic heterocycles. The van der Waals surface area contributed by atoms with Crippen LogP contribution in [0, 0.1) is 6.92 Å². The predicted octanol–water partition coefficient (Wildman–Crippen LogP) is 3.60. The number of phenolic OH excluding ortho intramolecular Hbond substituents is 1. The van der Waals surface area contributed by atoms with Gasteiger partial charge in [-0.25, -0.2) is 0 Å². The van der Waals surface area contributed by atoms with Gasteiger partial charge in [-0.1, -0.05) is 42.5 Å². The topological polar surface area (TPSA) is 37.3 Å². The van der Waals surface area contributed by atoms with Crippen molar-refractivity contribution in [3.8, 4) is 5.75 Å². The Morgan fingerprint density at radius 3 is 2.61 bits per heavy atom. The Bertz CT molecular complexity index is 598. The van der Waals surface area contributed by atoms with Gasteiger partial charge in [-0.2, -0.15) is 0 Å². The van der Waals surface area contributed by atoms with E-state index in [-0.39, 0.29) is 11.5 Å². The van der Waals surface area contributed by atoms with E-state index in [1.165, 1.54) is 6.08 Å². The highest BCUT2D eigenvalue weighted by Gasteiger charge is 2.03. The molecule has 0 spiro atoms. The van der Waals surface area contributed by atoms with Crippen molar-refractivity contribution in [1.82, 2.24) is 0 Å². The average molecular weight is 238 g/mol. The molecule has 2 nitrogen and oxygen atoms in total. The highest BCUT2D eigenvalue weighted by molar-refractivity contribution is 6.07. The maximum Gasteiger partial charge on any atom is 0.186 e. The van der Waals surface area contributed by atoms with E-state index in [1.54, 1.807) is 24.3 Å². The van der Waals surface area contributed by atoms with Crippen LogP contribution in [0.2, 0.25) is 0 Å². The highest BCUT2D eigenvalue weighted by atomic mass is 16.3. The zero-order chi connectivity index (χ0) is 13.0. The summed E-state index contributed by atoms with van der Waals surface area (Å²) in [7, 11) is 0. The molecule has 0 aliphatic carbocycles. The maximum absolute atomic E-state index is 12.0. The van der Waals surface area contributed by atoms with Crippen molar-refractivity contribution in [2.24, 2.45) is 0 Å². The molecule has 2 aromatic carbocycles. The molecule has 18 heavy (non-hydrogen) atoms. The van der Waals surface area contributed by atoms with E-state index in [1.807, 2.05) is 37.3 Å². The van der Waals surface area contributed by atoms with Gasteiger partial charge < -0.3 is 5.11 Å². The number of benzene rings is 2. The second-order valence-electron chi connectivity index (χ2n) is 4.11. The zero-order valence-corrected chi connectivity index (χ0v) is 10.1. The molecule has 0 radical (unpaired) electrons. The molecule has 0 heterocycles. The van der Waals surface area contributed by atoms with Crippen LogP contribution in [0.5, 0.6) is 5.75 Å². The van der Waals surface area contributed by atoms with Crippen molar-refractivity contribution < 1.29 is 9.90 Å². The van der Waals surface area contributed by atoms with E-state index in [0.717, 1.165) is 11.1 Å². The van der Waals surface area contributed by atoms with Crippen LogP contribution in [0.1, 0.15) is 21.5 Å². The van der Waals surface area contributed by atoms with Crippen LogP contribution in [0.4, 0.5) is 0 Å². The normalized spacial score (nSPS) is 10.7. The quantitative estimate of drug-likeness (QED) is 0.655. The minimum absolute atomic E-state index is 0.0311. The van der Waals surface area contributed by atoms with Gasteiger partial charge in [0.05, 0.1) is 0 Å². The first-order valence-corrected chi connectivity index (χ1v) is 5.74. The fourth-order valence-electron chi connectivity index (χ4n) is 1.74. The Labute approximate surface area is 106 Å². The van der Waals surface area contributed by atoms with E-state index >= 15 is 0 Å². The first kappa shape index (κ1) is 12.1. The van der Waals surface area contributed by atoms with Crippen molar-refractivity contribution in [3.05, 3.63) is 71.3 Å². The van der Waals surface area contributed by atoms with E-state index in [9.17, 15) is 9.90 Å². The van der Waals surface area contributed by atoms with Crippen LogP contribution in [-0.4, -0.2) is 10.9 Å². The lowest BCUT2D eigenvalue weighted by atomic mass is 10.0. The lowest BCUT2D eigenvalue weighted by molar-refractivity contribution is 0.104. The summed E-state index contributed by atoms with van der Waals surface area (Å²) in [4.78, 5) is 12.0. The smallest absolute Gasteiger partial charge is 0.186 e. The number of hydrogen-bond donors (Lipinski definition) is 1. The molecular weight excluding hydrogens is 224 g/mol. The van der Waals surface area contributed by atoms with E-state index < -0.39 is 0 Å². The molecule has 90 valence electrons. The highest BCUT2D eigenvalue weighted by Crippen LogP contribution is 2.13. The standard InChI is InChI=1S/C16H14O2/c1-12-5-2-3-8-15(12)16(18)10-9-13-6-4-7-14(17)11-13/h2-11,17H,1H3. The third-order valence-electron chi connectivity index (χ3n) is 2.71. The van der Waals surface area contributed by atoms with Crippen LogP contribution in [-0.2, 0) is 0 Å². The first-order chi connectivity index (χ1) is 8.66. The van der Waals surface area contributed by atoms with Gasteiger partial charge in [0.15, 0.2) is 5.78 Å². The number of aromatic hydroxyl groups is 1. The fraction of sp³-hybridized carbons (Fsp3) is 0.0625. The summed E-state index contributed by atoms with van der Waals surface area (Å²) in [6.45, 7) is 1.91. The zero-order valence-electron chi connectivity index (χ0n) is 10.1. The molecule has 0 fully saturated rings. The second kappa shape index (κ2) is 5.32. The summed E-state index contributed by atoms with van der Waals surface area (Å²) in [6, 6.07) is 14.3. The Morgan fingerprint density at radius 1 is 1.11 bits per heavy atom. The summed E-state index contributed by atoms with van der Waals surface area (Å²) in [5, 5.41) is 9.32. The Balaban J connectivity index is 2.20. The average Bonchev–Trinajstić information content (AvgIpc) is 2.37. The molecule has 2 aromatic rings. The molecule has 0 saturated heterocycles. The van der Waals surface area contributed by atoms with Crippen molar-refractivity contribution in [3.63, 3.8) is 0 Å². The Kier molecular flexibility index (Phi) is 3.58. The number of phenols is 1. The molecule has 0 atom stereocenters. The van der Waals surface area contributed by atoms with Crippen LogP contribution >= 0.6 is 0 Å². The lowest BCUT2D eigenvalue weighted by Crippen LogP contribution is -1.96. The molecule has 1 N–H and O–H groups in total. The molecule has 0 unspecified atom stereocenters. The number of aryl methyl sites for hydroxylation is 1. The summed E-state index contributed by atoms with van der Waals surface area (Å²) in [5.41, 5.74) is 2.47. The molecule has 2 heteroatoms. The molecule has 0 bridgehead atoms. The summed E-state index contributed by atoms with van der Waals surface area (Å²) in [6.07, 6.45) is 3.23. The monoisotopic (exact) mass is 238 g/mol. The number of allylic oxidation sites excluding steroid dienone is 1. The van der Waals surface area contributed by atoms with E-state index in [4.69, 9.17) is 0 Å². The first-order valence-electron chi connectivity index (χ1n) is 5.74. The summed E-state index contributed by atoms with van der Waals surface area (Å²) < 4.78 is 0. The van der Waals surface area contributed by atoms with Crippen molar-refractivity contribution >= 4 is 11.9 Å². The number of rotatable bonds is 3. The summed E-state index contributed by atoms with van der Waals surface area (Å²) in [5.74, 6) is 0.164. The minimum atomic E-state index is -0.0311. The molecular formula is C16H14O2. The second-order valence-corrected chi connectivity index (χ2v) is 4.11. The van der Waals surface area contributed by atoms with Crippen molar-refractivity contribution in [1.29, 1.82) is 0 Å². The van der Waals surface area contributed by atoms with Crippen LogP contribution < -0.4 is 0 Å². The number of carbonyl (C=O) groups is 1. The SMILES string of the molecule is Cc1ccccc1C(=O)C=Cc1cccc(O)c1. The van der Waals surface area contributed by atoms with Gasteiger partial charge >= 0.3 is 0 Å². The molecule has 2 rings (SSSR count). The molecule has 0 amide bonds. The maximum atomic E-state index is 12.0. The van der Waals surface area contributed by atoms with Crippen molar-refractivity contribution in [2.75, 3.05) is 0 Å². The predicted molar refractivity (Wildman–Crippen MR) is 72.7 cm³/mol. The van der Waals surface area contributed by atoms with Gasteiger partial charge in [0, 0.05) is 5.56 Å². The van der Waals surface area contributed by atoms with Crippen LogP contribution in [0.3, 0.4) is 0 Å². The summed E-state index contributed by atoms with van der Waals surface area (Å²) >= 11 is 0. The van der Waals surface area contributed by atoms with Gasteiger partial charge in [-0.05, 0) is 36.3 Å².